The van der Waals surface area contributed by atoms with Crippen LogP contribution in [0.2, 0.25) is 0 Å². The van der Waals surface area contributed by atoms with Gasteiger partial charge >= 0.3 is 5.97 Å². The van der Waals surface area contributed by atoms with Gasteiger partial charge in [-0.1, -0.05) is 31.0 Å². The first-order valence-corrected chi connectivity index (χ1v) is 8.96. The predicted octanol–water partition coefficient (Wildman–Crippen LogP) is 4.57. The minimum absolute atomic E-state index is 0.153. The number of unbranched alkanes of at least 4 members (excludes halogenated alkanes) is 1. The van der Waals surface area contributed by atoms with E-state index in [0.717, 1.165) is 37.2 Å². The Labute approximate surface area is 154 Å². The lowest BCUT2D eigenvalue weighted by Gasteiger charge is -2.26. The molecule has 0 bridgehead atoms. The van der Waals surface area contributed by atoms with Gasteiger partial charge in [0.15, 0.2) is 0 Å². The summed E-state index contributed by atoms with van der Waals surface area (Å²) in [5.74, 6) is -1.26. The molecule has 0 aromatic heterocycles. The molecule has 0 unspecified atom stereocenters. The summed E-state index contributed by atoms with van der Waals surface area (Å²) < 4.78 is 0. The quantitative estimate of drug-likeness (QED) is 0.728. The third-order valence-corrected chi connectivity index (χ3v) is 4.28. The Morgan fingerprint density at radius 3 is 2.46 bits per heavy atom. The van der Waals surface area contributed by atoms with Crippen LogP contribution in [0.15, 0.2) is 42.5 Å². The van der Waals surface area contributed by atoms with E-state index in [-0.39, 0.29) is 11.5 Å². The Morgan fingerprint density at radius 1 is 1.08 bits per heavy atom. The number of carboxylic acids is 1. The predicted molar refractivity (Wildman–Crippen MR) is 105 cm³/mol. The summed E-state index contributed by atoms with van der Waals surface area (Å²) in [6.45, 7) is 7.73. The molecule has 26 heavy (non-hydrogen) atoms. The Morgan fingerprint density at radius 2 is 1.85 bits per heavy atom. The highest BCUT2D eigenvalue weighted by Gasteiger charge is 2.16. The van der Waals surface area contributed by atoms with Gasteiger partial charge in [0.25, 0.3) is 5.91 Å². The zero-order chi connectivity index (χ0) is 19.1. The molecule has 2 aromatic rings. The second kappa shape index (κ2) is 9.04. The summed E-state index contributed by atoms with van der Waals surface area (Å²) >= 11 is 0. The second-order valence-electron chi connectivity index (χ2n) is 6.29. The van der Waals surface area contributed by atoms with E-state index in [1.54, 1.807) is 18.2 Å². The Kier molecular flexibility index (Phi) is 6.78. The third-order valence-electron chi connectivity index (χ3n) is 4.28. The van der Waals surface area contributed by atoms with Gasteiger partial charge in [0, 0.05) is 18.7 Å². The van der Waals surface area contributed by atoms with Gasteiger partial charge in [-0.25, -0.2) is 4.79 Å². The molecule has 2 aromatic carbocycles. The van der Waals surface area contributed by atoms with E-state index < -0.39 is 5.97 Å². The van der Waals surface area contributed by atoms with E-state index >= 15 is 0 Å². The zero-order valence-electron chi connectivity index (χ0n) is 15.6. The number of hydrogen-bond acceptors (Lipinski definition) is 3. The van der Waals surface area contributed by atoms with Gasteiger partial charge < -0.3 is 15.3 Å². The Balaban J connectivity index is 2.37. The number of aromatic carboxylic acids is 1. The van der Waals surface area contributed by atoms with Crippen LogP contribution < -0.4 is 10.2 Å². The average Bonchev–Trinajstić information content (AvgIpc) is 2.63. The maximum absolute atomic E-state index is 12.6. The van der Waals surface area contributed by atoms with Crippen molar-refractivity contribution in [3.8, 4) is 0 Å². The number of nitrogens with one attached hydrogen (secondary N) is 1. The van der Waals surface area contributed by atoms with Crippen molar-refractivity contribution >= 4 is 23.3 Å². The van der Waals surface area contributed by atoms with Gasteiger partial charge in [-0.15, -0.1) is 0 Å². The minimum Gasteiger partial charge on any atom is -0.478 e. The van der Waals surface area contributed by atoms with E-state index in [2.05, 4.69) is 17.1 Å². The number of anilines is 2. The fourth-order valence-electron chi connectivity index (χ4n) is 2.82. The smallest absolute Gasteiger partial charge is 0.335 e. The monoisotopic (exact) mass is 354 g/mol. The first-order chi connectivity index (χ1) is 12.5. The molecule has 0 aliphatic carbocycles. The maximum Gasteiger partial charge on any atom is 0.335 e. The molecule has 2 rings (SSSR count). The van der Waals surface area contributed by atoms with Crippen LogP contribution >= 0.6 is 0 Å². The summed E-state index contributed by atoms with van der Waals surface area (Å²) in [5.41, 5.74) is 3.06. The molecule has 0 fully saturated rings. The molecule has 0 atom stereocenters. The van der Waals surface area contributed by atoms with Crippen LogP contribution in [-0.4, -0.2) is 30.1 Å². The Bertz CT molecular complexity index is 787. The number of hydrogen-bond donors (Lipinski definition) is 2. The van der Waals surface area contributed by atoms with Crippen LogP contribution in [0.1, 0.15) is 53.0 Å². The van der Waals surface area contributed by atoms with Gasteiger partial charge in [0.2, 0.25) is 0 Å². The van der Waals surface area contributed by atoms with Crippen LogP contribution in [0.5, 0.6) is 0 Å². The summed E-state index contributed by atoms with van der Waals surface area (Å²) in [6, 6.07) is 12.2. The Hall–Kier alpha value is -2.82. The molecule has 0 aliphatic heterocycles. The summed E-state index contributed by atoms with van der Waals surface area (Å²) in [4.78, 5) is 26.2. The van der Waals surface area contributed by atoms with Crippen molar-refractivity contribution in [2.24, 2.45) is 0 Å². The number of nitrogens with zero attached hydrogens (tertiary/aromatic N) is 1. The van der Waals surface area contributed by atoms with Gasteiger partial charge in [-0.3, -0.25) is 4.79 Å². The van der Waals surface area contributed by atoms with Crippen molar-refractivity contribution in [3.63, 3.8) is 0 Å². The molecule has 5 nitrogen and oxygen atoms in total. The van der Waals surface area contributed by atoms with Crippen molar-refractivity contribution in [3.05, 3.63) is 59.2 Å². The second-order valence-corrected chi connectivity index (χ2v) is 6.29. The van der Waals surface area contributed by atoms with Crippen LogP contribution in [0.25, 0.3) is 0 Å². The van der Waals surface area contributed by atoms with Crippen molar-refractivity contribution < 1.29 is 14.7 Å². The molecule has 0 aliphatic rings. The summed E-state index contributed by atoms with van der Waals surface area (Å²) in [5, 5.41) is 12.2. The van der Waals surface area contributed by atoms with Crippen molar-refractivity contribution in [1.82, 2.24) is 0 Å². The highest BCUT2D eigenvalue weighted by molar-refractivity contribution is 6.06. The molecule has 0 saturated heterocycles. The number of rotatable bonds is 8. The van der Waals surface area contributed by atoms with Crippen LogP contribution in [-0.2, 0) is 0 Å². The average molecular weight is 354 g/mol. The van der Waals surface area contributed by atoms with E-state index in [1.807, 2.05) is 32.0 Å². The number of carbonyl (C=O) groups excluding carboxylic acids is 1. The molecule has 138 valence electrons. The first-order valence-electron chi connectivity index (χ1n) is 8.96. The SMILES string of the molecule is CCCCN(CC)c1ccc(C(=O)O)cc1NC(=O)c1cccc(C)c1. The van der Waals surface area contributed by atoms with Crippen LogP contribution in [0.4, 0.5) is 11.4 Å². The molecule has 1 amide bonds. The van der Waals surface area contributed by atoms with Gasteiger partial charge in [-0.2, -0.15) is 0 Å². The highest BCUT2D eigenvalue weighted by Crippen LogP contribution is 2.28. The zero-order valence-corrected chi connectivity index (χ0v) is 15.6. The molecule has 0 radical (unpaired) electrons. The number of benzene rings is 2. The van der Waals surface area contributed by atoms with Crippen molar-refractivity contribution in [2.45, 2.75) is 33.6 Å². The highest BCUT2D eigenvalue weighted by atomic mass is 16.4. The fraction of sp³-hybridized carbons (Fsp3) is 0.333. The van der Waals surface area contributed by atoms with Gasteiger partial charge in [0.05, 0.1) is 16.9 Å². The number of aryl methyl sites for hydroxylation is 1. The van der Waals surface area contributed by atoms with E-state index in [0.29, 0.717) is 11.3 Å². The van der Waals surface area contributed by atoms with Crippen LogP contribution in [0, 0.1) is 6.92 Å². The molecule has 2 N–H and O–H groups in total. The largest absolute Gasteiger partial charge is 0.478 e. The lowest BCUT2D eigenvalue weighted by molar-refractivity contribution is 0.0696. The van der Waals surface area contributed by atoms with E-state index in [9.17, 15) is 14.7 Å². The topological polar surface area (TPSA) is 69.6 Å². The van der Waals surface area contributed by atoms with Crippen molar-refractivity contribution in [2.75, 3.05) is 23.3 Å². The fourth-order valence-corrected chi connectivity index (χ4v) is 2.82. The summed E-state index contributed by atoms with van der Waals surface area (Å²) in [7, 11) is 0. The van der Waals surface area contributed by atoms with Crippen molar-refractivity contribution in [1.29, 1.82) is 0 Å². The molecule has 0 saturated carbocycles. The molecular weight excluding hydrogens is 328 g/mol. The first kappa shape index (κ1) is 19.5. The number of carboxylic acid groups (broad SMARTS) is 1. The molecule has 5 heteroatoms. The van der Waals surface area contributed by atoms with Gasteiger partial charge in [-0.05, 0) is 50.6 Å². The minimum atomic E-state index is -1.01. The van der Waals surface area contributed by atoms with E-state index in [4.69, 9.17) is 0 Å². The standard InChI is InChI=1S/C21H26N2O3/c1-4-6-12-23(5-2)19-11-10-17(21(25)26)14-18(19)22-20(24)16-9-7-8-15(3)13-16/h7-11,13-14H,4-6,12H2,1-3H3,(H,22,24)(H,25,26). The third kappa shape index (κ3) is 4.85. The number of carbonyl (C=O) groups is 2. The molecule has 0 spiro atoms. The lowest BCUT2D eigenvalue weighted by atomic mass is 10.1. The van der Waals surface area contributed by atoms with Gasteiger partial charge in [0.1, 0.15) is 0 Å². The molecule has 0 heterocycles. The van der Waals surface area contributed by atoms with Crippen LogP contribution in [0.3, 0.4) is 0 Å². The number of amides is 1. The summed E-state index contributed by atoms with van der Waals surface area (Å²) in [6.07, 6.45) is 2.09. The maximum atomic E-state index is 12.6. The normalized spacial score (nSPS) is 10.4. The lowest BCUT2D eigenvalue weighted by Crippen LogP contribution is -2.26. The molecular formula is C21H26N2O3. The van der Waals surface area contributed by atoms with E-state index in [1.165, 1.54) is 6.07 Å².